The second kappa shape index (κ2) is 6.09. The molecule has 0 aromatic heterocycles. The van der Waals surface area contributed by atoms with E-state index in [-0.39, 0.29) is 13.5 Å². The Labute approximate surface area is 59.1 Å². The molecule has 0 heterocycles. The van der Waals surface area contributed by atoms with Crippen molar-refractivity contribution in [2.45, 2.75) is 47.1 Å². The van der Waals surface area contributed by atoms with Crippen molar-refractivity contribution in [3.05, 3.63) is 0 Å². The van der Waals surface area contributed by atoms with E-state index in [0.717, 1.165) is 12.8 Å². The van der Waals surface area contributed by atoms with Gasteiger partial charge in [0.25, 0.3) is 0 Å². The molecule has 0 bridgehead atoms. The van der Waals surface area contributed by atoms with Crippen LogP contribution in [0.3, 0.4) is 0 Å². The van der Waals surface area contributed by atoms with Crippen molar-refractivity contribution in [3.8, 4) is 0 Å². The predicted molar refractivity (Wildman–Crippen MR) is 42.5 cm³/mol. The van der Waals surface area contributed by atoms with E-state index in [1.165, 1.54) is 0 Å². The van der Waals surface area contributed by atoms with Crippen molar-refractivity contribution in [1.82, 2.24) is 0 Å². The van der Waals surface area contributed by atoms with Gasteiger partial charge in [0, 0.05) is 0 Å². The van der Waals surface area contributed by atoms with Crippen LogP contribution in [-0.2, 0) is 0 Å². The minimum absolute atomic E-state index is 0. The molecule has 0 saturated carbocycles. The fraction of sp³-hybridized carbons (Fsp3) is 1.00. The highest BCUT2D eigenvalue weighted by Crippen LogP contribution is 2.06. The van der Waals surface area contributed by atoms with Gasteiger partial charge in [0.05, 0.1) is 6.10 Å². The van der Waals surface area contributed by atoms with Crippen LogP contribution >= 0.6 is 0 Å². The second-order valence-electron chi connectivity index (χ2n) is 2.60. The van der Waals surface area contributed by atoms with E-state index in [0.29, 0.717) is 5.92 Å². The van der Waals surface area contributed by atoms with Gasteiger partial charge in [0.2, 0.25) is 0 Å². The van der Waals surface area contributed by atoms with Gasteiger partial charge >= 0.3 is 0 Å². The van der Waals surface area contributed by atoms with Crippen LogP contribution in [0.25, 0.3) is 0 Å². The molecule has 0 aromatic rings. The summed E-state index contributed by atoms with van der Waals surface area (Å²) in [7, 11) is 0. The molecule has 0 amide bonds. The highest BCUT2D eigenvalue weighted by Gasteiger charge is 2.05. The highest BCUT2D eigenvalue weighted by molar-refractivity contribution is 4.57. The molecule has 0 rings (SSSR count). The van der Waals surface area contributed by atoms with Gasteiger partial charge in [-0.3, -0.25) is 0 Å². The third-order valence-electron chi connectivity index (χ3n) is 1.35. The molecule has 0 aromatic carbocycles. The Morgan fingerprint density at radius 2 is 1.78 bits per heavy atom. The van der Waals surface area contributed by atoms with E-state index in [4.69, 9.17) is 5.11 Å². The van der Waals surface area contributed by atoms with E-state index in [2.05, 4.69) is 6.92 Å². The van der Waals surface area contributed by atoms with Gasteiger partial charge in [0.1, 0.15) is 0 Å². The zero-order chi connectivity index (χ0) is 6.57. The molecule has 0 saturated heterocycles. The van der Waals surface area contributed by atoms with Crippen molar-refractivity contribution in [1.29, 1.82) is 0 Å². The lowest BCUT2D eigenvalue weighted by atomic mass is 10.0. The molecule has 9 heavy (non-hydrogen) atoms. The normalized spacial score (nSPS) is 13.0. The Morgan fingerprint density at radius 1 is 1.33 bits per heavy atom. The minimum Gasteiger partial charge on any atom is -0.393 e. The lowest BCUT2D eigenvalue weighted by Crippen LogP contribution is -2.13. The van der Waals surface area contributed by atoms with E-state index in [1.807, 2.05) is 13.8 Å². The summed E-state index contributed by atoms with van der Waals surface area (Å²) in [5.41, 5.74) is 0. The molecule has 0 radical (unpaired) electrons. The SMILES string of the molecule is C.CCCC(O)C(C)C. The van der Waals surface area contributed by atoms with Crippen LogP contribution in [0.1, 0.15) is 41.0 Å². The first-order valence-electron chi connectivity index (χ1n) is 3.36. The summed E-state index contributed by atoms with van der Waals surface area (Å²) in [6.45, 7) is 6.17. The summed E-state index contributed by atoms with van der Waals surface area (Å²) in [4.78, 5) is 0. The first kappa shape index (κ1) is 11.7. The standard InChI is InChI=1S/C7H16O.CH4/c1-4-5-7(8)6(2)3;/h6-8H,4-5H2,1-3H3;1H4. The van der Waals surface area contributed by atoms with Crippen molar-refractivity contribution in [3.63, 3.8) is 0 Å². The second-order valence-corrected chi connectivity index (χ2v) is 2.60. The van der Waals surface area contributed by atoms with Gasteiger partial charge in [-0.15, -0.1) is 0 Å². The molecule has 1 unspecified atom stereocenters. The maximum atomic E-state index is 9.13. The Morgan fingerprint density at radius 3 is 1.89 bits per heavy atom. The number of aliphatic hydroxyl groups is 1. The average Bonchev–Trinajstić information content (AvgIpc) is 1.67. The maximum Gasteiger partial charge on any atom is 0.0563 e. The van der Waals surface area contributed by atoms with Crippen LogP contribution in [0.5, 0.6) is 0 Å². The first-order chi connectivity index (χ1) is 3.68. The van der Waals surface area contributed by atoms with Crippen LogP contribution in [0.2, 0.25) is 0 Å². The molecule has 0 aliphatic carbocycles. The quantitative estimate of drug-likeness (QED) is 0.625. The molecule has 0 aliphatic rings. The summed E-state index contributed by atoms with van der Waals surface area (Å²) >= 11 is 0. The Bertz CT molecular complexity index is 50.5. The molecule has 1 N–H and O–H groups in total. The lowest BCUT2D eigenvalue weighted by Gasteiger charge is -2.11. The van der Waals surface area contributed by atoms with Gasteiger partial charge in [-0.1, -0.05) is 34.6 Å². The highest BCUT2D eigenvalue weighted by atomic mass is 16.3. The maximum absolute atomic E-state index is 9.13. The average molecular weight is 132 g/mol. The van der Waals surface area contributed by atoms with Gasteiger partial charge in [-0.05, 0) is 12.3 Å². The molecule has 1 atom stereocenters. The van der Waals surface area contributed by atoms with Crippen LogP contribution < -0.4 is 0 Å². The van der Waals surface area contributed by atoms with Crippen LogP contribution in [0.15, 0.2) is 0 Å². The summed E-state index contributed by atoms with van der Waals surface area (Å²) in [6, 6.07) is 0. The van der Waals surface area contributed by atoms with Gasteiger partial charge in [-0.25, -0.2) is 0 Å². The zero-order valence-corrected chi connectivity index (χ0v) is 6.02. The van der Waals surface area contributed by atoms with Crippen molar-refractivity contribution in [2.24, 2.45) is 5.92 Å². The molecule has 1 heteroatoms. The monoisotopic (exact) mass is 132 g/mol. The fourth-order valence-corrected chi connectivity index (χ4v) is 0.629. The summed E-state index contributed by atoms with van der Waals surface area (Å²) in [5, 5.41) is 9.13. The predicted octanol–water partition coefficient (Wildman–Crippen LogP) is 2.44. The van der Waals surface area contributed by atoms with Crippen LogP contribution in [-0.4, -0.2) is 11.2 Å². The molecule has 1 nitrogen and oxygen atoms in total. The smallest absolute Gasteiger partial charge is 0.0563 e. The van der Waals surface area contributed by atoms with E-state index in [9.17, 15) is 0 Å². The Kier molecular flexibility index (Phi) is 7.92. The van der Waals surface area contributed by atoms with Gasteiger partial charge in [0.15, 0.2) is 0 Å². The number of aliphatic hydroxyl groups excluding tert-OH is 1. The van der Waals surface area contributed by atoms with Crippen LogP contribution in [0.4, 0.5) is 0 Å². The van der Waals surface area contributed by atoms with Crippen molar-refractivity contribution >= 4 is 0 Å². The third kappa shape index (κ3) is 5.84. The zero-order valence-electron chi connectivity index (χ0n) is 6.02. The Balaban J connectivity index is 0. The summed E-state index contributed by atoms with van der Waals surface area (Å²) < 4.78 is 0. The van der Waals surface area contributed by atoms with Crippen molar-refractivity contribution < 1.29 is 5.11 Å². The van der Waals surface area contributed by atoms with E-state index < -0.39 is 0 Å². The molecular weight excluding hydrogens is 112 g/mol. The number of hydrogen-bond acceptors (Lipinski definition) is 1. The number of hydrogen-bond donors (Lipinski definition) is 1. The van der Waals surface area contributed by atoms with Gasteiger partial charge in [-0.2, -0.15) is 0 Å². The van der Waals surface area contributed by atoms with Crippen LogP contribution in [0, 0.1) is 5.92 Å². The Hall–Kier alpha value is -0.0400. The van der Waals surface area contributed by atoms with E-state index in [1.54, 1.807) is 0 Å². The minimum atomic E-state index is -0.0833. The summed E-state index contributed by atoms with van der Waals surface area (Å²) in [5.74, 6) is 0.426. The summed E-state index contributed by atoms with van der Waals surface area (Å²) in [6.07, 6.45) is 1.94. The lowest BCUT2D eigenvalue weighted by molar-refractivity contribution is 0.115. The van der Waals surface area contributed by atoms with Crippen molar-refractivity contribution in [2.75, 3.05) is 0 Å². The molecule has 0 aliphatic heterocycles. The molecule has 58 valence electrons. The number of rotatable bonds is 3. The third-order valence-corrected chi connectivity index (χ3v) is 1.35. The molecular formula is C8H20O. The molecule has 0 fully saturated rings. The molecule has 0 spiro atoms. The first-order valence-corrected chi connectivity index (χ1v) is 3.36. The topological polar surface area (TPSA) is 20.2 Å². The van der Waals surface area contributed by atoms with Gasteiger partial charge < -0.3 is 5.11 Å². The fourth-order valence-electron chi connectivity index (χ4n) is 0.629. The van der Waals surface area contributed by atoms with E-state index >= 15 is 0 Å². The largest absolute Gasteiger partial charge is 0.393 e.